The van der Waals surface area contributed by atoms with Gasteiger partial charge in [-0.3, -0.25) is 23.5 Å². The van der Waals surface area contributed by atoms with Crippen molar-refractivity contribution in [3.63, 3.8) is 0 Å². The second-order valence-corrected chi connectivity index (χ2v) is 8.24. The number of nitrogens with zero attached hydrogens (tertiary/aromatic N) is 5. The molecule has 12 heteroatoms. The third-order valence-electron chi connectivity index (χ3n) is 5.47. The van der Waals surface area contributed by atoms with Crippen LogP contribution in [0.25, 0.3) is 16.0 Å². The normalized spacial score (nSPS) is 19.0. The first-order valence-electron chi connectivity index (χ1n) is 9.12. The molecule has 4 aromatic rings. The number of imide groups is 1. The summed E-state index contributed by atoms with van der Waals surface area (Å²) in [5.41, 5.74) is -1.12. The second-order valence-electron chi connectivity index (χ2n) is 7.33. The van der Waals surface area contributed by atoms with Crippen molar-refractivity contribution in [3.8, 4) is 0 Å². The Morgan fingerprint density at radius 3 is 2.65 bits per heavy atom. The summed E-state index contributed by atoms with van der Waals surface area (Å²) in [6.07, 6.45) is 0. The number of thiophene rings is 1. The van der Waals surface area contributed by atoms with E-state index in [0.29, 0.717) is 10.2 Å². The summed E-state index contributed by atoms with van der Waals surface area (Å²) < 4.78 is 30.5. The van der Waals surface area contributed by atoms with Crippen LogP contribution in [0.2, 0.25) is 0 Å². The van der Waals surface area contributed by atoms with E-state index in [4.69, 9.17) is 0 Å². The van der Waals surface area contributed by atoms with Crippen molar-refractivity contribution < 1.29 is 18.4 Å². The lowest BCUT2D eigenvalue weighted by Gasteiger charge is -2.22. The minimum atomic E-state index is -1.57. The first kappa shape index (κ1) is 19.3. The Morgan fingerprint density at radius 2 is 1.90 bits per heavy atom. The molecule has 0 aliphatic carbocycles. The molecule has 0 spiro atoms. The molecule has 4 heterocycles. The van der Waals surface area contributed by atoms with E-state index in [1.165, 1.54) is 28.9 Å². The molecule has 3 amide bonds. The van der Waals surface area contributed by atoms with Crippen molar-refractivity contribution in [2.24, 2.45) is 7.05 Å². The number of rotatable bonds is 3. The Hall–Kier alpha value is -3.67. The van der Waals surface area contributed by atoms with Crippen molar-refractivity contribution in [2.45, 2.75) is 19.0 Å². The number of hydrogen-bond donors (Lipinski definition) is 1. The number of urea groups is 1. The number of halogens is 2. The van der Waals surface area contributed by atoms with Gasteiger partial charge in [0.25, 0.3) is 11.5 Å². The van der Waals surface area contributed by atoms with Gasteiger partial charge in [-0.2, -0.15) is 0 Å². The lowest BCUT2D eigenvalue weighted by Crippen LogP contribution is -2.41. The van der Waals surface area contributed by atoms with Gasteiger partial charge in [0.05, 0.1) is 12.1 Å². The molecule has 158 valence electrons. The van der Waals surface area contributed by atoms with Gasteiger partial charge in [0, 0.05) is 7.05 Å². The van der Waals surface area contributed by atoms with Crippen LogP contribution in [0.1, 0.15) is 18.3 Å². The summed E-state index contributed by atoms with van der Waals surface area (Å²) in [6.45, 7) is 1.19. The highest BCUT2D eigenvalue weighted by Crippen LogP contribution is 2.31. The van der Waals surface area contributed by atoms with Crippen LogP contribution in [0.3, 0.4) is 0 Å². The number of carbonyl (C=O) groups excluding carboxylic acids is 2. The van der Waals surface area contributed by atoms with E-state index in [0.717, 1.165) is 17.0 Å². The third-order valence-corrected chi connectivity index (χ3v) is 6.36. The summed E-state index contributed by atoms with van der Waals surface area (Å²) in [5, 5.41) is 12.4. The zero-order valence-electron chi connectivity index (χ0n) is 16.2. The third kappa shape index (κ3) is 2.61. The number of amides is 3. The smallest absolute Gasteiger partial charge is 0.319 e. The van der Waals surface area contributed by atoms with Crippen LogP contribution in [0.15, 0.2) is 34.4 Å². The van der Waals surface area contributed by atoms with Gasteiger partial charge in [-0.25, -0.2) is 13.6 Å². The zero-order valence-corrected chi connectivity index (χ0v) is 17.0. The Balaban J connectivity index is 1.57. The number of hydrogen-bond acceptors (Lipinski definition) is 6. The van der Waals surface area contributed by atoms with Crippen LogP contribution in [0.5, 0.6) is 0 Å². The number of aryl methyl sites for hydroxylation is 1. The highest BCUT2D eigenvalue weighted by atomic mass is 32.1. The number of aromatic nitrogens is 4. The topological polar surface area (TPSA) is 102 Å². The maximum atomic E-state index is 13.7. The van der Waals surface area contributed by atoms with Gasteiger partial charge in [-0.05, 0) is 36.1 Å². The molecule has 1 aliphatic heterocycles. The molecule has 1 fully saturated rings. The first-order valence-corrected chi connectivity index (χ1v) is 10.00. The van der Waals surface area contributed by atoms with Crippen molar-refractivity contribution in [2.75, 3.05) is 0 Å². The summed E-state index contributed by atoms with van der Waals surface area (Å²) in [7, 11) is 1.56. The van der Waals surface area contributed by atoms with Crippen molar-refractivity contribution in [1.82, 2.24) is 29.4 Å². The highest BCUT2D eigenvalue weighted by Gasteiger charge is 2.49. The van der Waals surface area contributed by atoms with E-state index in [2.05, 4.69) is 15.5 Å². The Morgan fingerprint density at radius 1 is 1.13 bits per heavy atom. The van der Waals surface area contributed by atoms with E-state index in [1.54, 1.807) is 22.9 Å². The average Bonchev–Trinajstić information content (AvgIpc) is 3.42. The van der Waals surface area contributed by atoms with Gasteiger partial charge >= 0.3 is 6.03 Å². The largest absolute Gasteiger partial charge is 0.325 e. The zero-order chi connectivity index (χ0) is 22.1. The maximum Gasteiger partial charge on any atom is 0.325 e. The molecule has 1 aliphatic rings. The number of carbonyl (C=O) groups is 2. The molecule has 0 radical (unpaired) electrons. The quantitative estimate of drug-likeness (QED) is 0.487. The lowest BCUT2D eigenvalue weighted by molar-refractivity contribution is -0.131. The fourth-order valence-electron chi connectivity index (χ4n) is 3.74. The average molecular weight is 444 g/mol. The van der Waals surface area contributed by atoms with Crippen molar-refractivity contribution in [1.29, 1.82) is 0 Å². The molecule has 31 heavy (non-hydrogen) atoms. The van der Waals surface area contributed by atoms with E-state index in [1.807, 2.05) is 0 Å². The molecule has 1 unspecified atom stereocenters. The molecule has 1 N–H and O–H groups in total. The fraction of sp³-hybridized carbons (Fsp3) is 0.211. The van der Waals surface area contributed by atoms with Crippen LogP contribution in [-0.4, -0.2) is 36.0 Å². The molecule has 1 aromatic carbocycles. The number of fused-ring (bicyclic) bond motifs is 3. The van der Waals surface area contributed by atoms with Crippen molar-refractivity contribution in [3.05, 3.63) is 63.0 Å². The van der Waals surface area contributed by atoms with Gasteiger partial charge in [0.15, 0.2) is 17.5 Å². The van der Waals surface area contributed by atoms with E-state index in [9.17, 15) is 23.2 Å². The Bertz CT molecular complexity index is 1470. The van der Waals surface area contributed by atoms with Gasteiger partial charge < -0.3 is 5.32 Å². The minimum absolute atomic E-state index is 0.112. The van der Waals surface area contributed by atoms with Crippen molar-refractivity contribution >= 4 is 39.3 Å². The monoisotopic (exact) mass is 444 g/mol. The SMILES string of the molecule is Cn1c(=O)c2sccc2n2c(CN3C(=O)NC(C)(c4ccc(F)c(F)c4)C3=O)nnc12. The van der Waals surface area contributed by atoms with Crippen LogP contribution in [0, 0.1) is 11.6 Å². The minimum Gasteiger partial charge on any atom is -0.319 e. The first-order chi connectivity index (χ1) is 14.7. The standard InChI is InChI=1S/C19H14F2N6O3S/c1-19(9-3-4-10(20)11(21)7-9)16(29)26(18(30)22-19)8-13-23-24-17-25(2)15(28)14-12(27(13)17)5-6-31-14/h3-7H,8H2,1-2H3,(H,22,30). The van der Waals surface area contributed by atoms with Gasteiger partial charge in [-0.1, -0.05) is 6.07 Å². The molecule has 1 atom stereocenters. The second kappa shape index (κ2) is 6.41. The van der Waals surface area contributed by atoms with E-state index in [-0.39, 0.29) is 29.3 Å². The van der Waals surface area contributed by atoms with Crippen LogP contribution >= 0.6 is 11.3 Å². The molecule has 1 saturated heterocycles. The fourth-order valence-corrected chi connectivity index (χ4v) is 4.59. The van der Waals surface area contributed by atoms with Crippen LogP contribution < -0.4 is 10.9 Å². The Kier molecular flexibility index (Phi) is 3.99. The highest BCUT2D eigenvalue weighted by molar-refractivity contribution is 7.17. The number of nitrogens with one attached hydrogen (secondary N) is 1. The summed E-state index contributed by atoms with van der Waals surface area (Å²) >= 11 is 1.26. The molecule has 3 aromatic heterocycles. The summed E-state index contributed by atoms with van der Waals surface area (Å²) in [5.74, 6) is -2.29. The molecular formula is C19H14F2N6O3S. The molecule has 0 bridgehead atoms. The van der Waals surface area contributed by atoms with Gasteiger partial charge in [-0.15, -0.1) is 21.5 Å². The predicted octanol–water partition coefficient (Wildman–Crippen LogP) is 1.89. The van der Waals surface area contributed by atoms with Crippen LogP contribution in [-0.2, 0) is 23.9 Å². The molecule has 0 saturated carbocycles. The van der Waals surface area contributed by atoms with E-state index < -0.39 is 29.1 Å². The summed E-state index contributed by atoms with van der Waals surface area (Å²) in [4.78, 5) is 39.2. The maximum absolute atomic E-state index is 13.7. The molecule has 5 rings (SSSR count). The van der Waals surface area contributed by atoms with E-state index >= 15 is 0 Å². The lowest BCUT2D eigenvalue weighted by atomic mass is 9.92. The molecule has 9 nitrogen and oxygen atoms in total. The Labute approximate surface area is 176 Å². The van der Waals surface area contributed by atoms with Gasteiger partial charge in [0.2, 0.25) is 5.78 Å². The number of benzene rings is 1. The predicted molar refractivity (Wildman–Crippen MR) is 106 cm³/mol. The van der Waals surface area contributed by atoms with Gasteiger partial charge in [0.1, 0.15) is 10.2 Å². The van der Waals surface area contributed by atoms with Crippen LogP contribution in [0.4, 0.5) is 13.6 Å². The molecular weight excluding hydrogens is 430 g/mol. The summed E-state index contributed by atoms with van der Waals surface area (Å²) in [6, 6.07) is 4.06.